The highest BCUT2D eigenvalue weighted by molar-refractivity contribution is 5.83. The number of fused-ring (bicyclic) bond motifs is 2. The van der Waals surface area contributed by atoms with Crippen molar-refractivity contribution in [3.8, 4) is 0 Å². The molecule has 0 atom stereocenters. The lowest BCUT2D eigenvalue weighted by atomic mass is 10.1. The molecule has 4 heteroatoms. The molecule has 0 unspecified atom stereocenters. The number of hydrogen-bond acceptors (Lipinski definition) is 3. The summed E-state index contributed by atoms with van der Waals surface area (Å²) in [6.07, 6.45) is 2.48. The van der Waals surface area contributed by atoms with E-state index in [0.717, 1.165) is 24.2 Å². The van der Waals surface area contributed by atoms with E-state index in [4.69, 9.17) is 0 Å². The van der Waals surface area contributed by atoms with Gasteiger partial charge in [0.2, 0.25) is 0 Å². The standard InChI is InChI=1S/C16H13N3O/c20-16-13-9-12(5-6-14(13)17-10-18-16)19-8-7-11-3-1-2-4-15(11)19/h1-6,9-10H,7-8H2,(H,17,18,20). The minimum atomic E-state index is -0.0932. The maximum absolute atomic E-state index is 11.9. The summed E-state index contributed by atoms with van der Waals surface area (Å²) in [7, 11) is 0. The summed E-state index contributed by atoms with van der Waals surface area (Å²) in [6.45, 7) is 0.947. The smallest absolute Gasteiger partial charge is 0.258 e. The Morgan fingerprint density at radius 3 is 3.00 bits per heavy atom. The van der Waals surface area contributed by atoms with Crippen molar-refractivity contribution in [2.45, 2.75) is 6.42 Å². The number of anilines is 2. The minimum absolute atomic E-state index is 0.0932. The summed E-state index contributed by atoms with van der Waals surface area (Å²) in [5.74, 6) is 0. The summed E-state index contributed by atoms with van der Waals surface area (Å²) in [4.78, 5) is 20.9. The Labute approximate surface area is 115 Å². The Morgan fingerprint density at radius 1 is 1.15 bits per heavy atom. The van der Waals surface area contributed by atoms with Crippen molar-refractivity contribution < 1.29 is 0 Å². The van der Waals surface area contributed by atoms with E-state index in [1.165, 1.54) is 17.6 Å². The number of hydrogen-bond donors (Lipinski definition) is 1. The predicted octanol–water partition coefficient (Wildman–Crippen LogP) is 2.62. The summed E-state index contributed by atoms with van der Waals surface area (Å²) in [5, 5.41) is 0.634. The lowest BCUT2D eigenvalue weighted by Gasteiger charge is -2.19. The van der Waals surface area contributed by atoms with Crippen LogP contribution < -0.4 is 10.5 Å². The first kappa shape index (κ1) is 11.2. The molecule has 2 heterocycles. The van der Waals surface area contributed by atoms with Gasteiger partial charge < -0.3 is 9.88 Å². The highest BCUT2D eigenvalue weighted by Crippen LogP contribution is 2.34. The number of nitrogens with one attached hydrogen (secondary N) is 1. The number of para-hydroxylation sites is 1. The fourth-order valence-electron chi connectivity index (χ4n) is 2.83. The first-order valence-electron chi connectivity index (χ1n) is 6.66. The van der Waals surface area contributed by atoms with Crippen molar-refractivity contribution in [3.63, 3.8) is 0 Å². The van der Waals surface area contributed by atoms with Gasteiger partial charge >= 0.3 is 0 Å². The fourth-order valence-corrected chi connectivity index (χ4v) is 2.83. The van der Waals surface area contributed by atoms with E-state index in [9.17, 15) is 4.79 Å². The number of aromatic amines is 1. The Kier molecular flexibility index (Phi) is 2.36. The number of H-pyrrole nitrogens is 1. The largest absolute Gasteiger partial charge is 0.341 e. The normalized spacial score (nSPS) is 13.7. The van der Waals surface area contributed by atoms with E-state index in [1.54, 1.807) is 0 Å². The predicted molar refractivity (Wildman–Crippen MR) is 79.5 cm³/mol. The number of aromatic nitrogens is 2. The molecule has 0 saturated heterocycles. The SMILES string of the molecule is O=c1[nH]cnc2ccc(N3CCc4ccccc43)cc12. The first-order valence-corrected chi connectivity index (χ1v) is 6.66. The van der Waals surface area contributed by atoms with Gasteiger partial charge in [-0.1, -0.05) is 18.2 Å². The molecule has 3 aromatic rings. The van der Waals surface area contributed by atoms with Gasteiger partial charge in [-0.3, -0.25) is 4.79 Å². The van der Waals surface area contributed by atoms with Gasteiger partial charge in [0.25, 0.3) is 5.56 Å². The zero-order valence-electron chi connectivity index (χ0n) is 10.8. The Hall–Kier alpha value is -2.62. The third-order valence-corrected chi connectivity index (χ3v) is 3.82. The number of rotatable bonds is 1. The van der Waals surface area contributed by atoms with E-state index in [0.29, 0.717) is 5.39 Å². The van der Waals surface area contributed by atoms with E-state index < -0.39 is 0 Å². The summed E-state index contributed by atoms with van der Waals surface area (Å²) < 4.78 is 0. The molecule has 2 aromatic carbocycles. The molecule has 0 saturated carbocycles. The lowest BCUT2D eigenvalue weighted by molar-refractivity contribution is 0.999. The van der Waals surface area contributed by atoms with Gasteiger partial charge in [0.05, 0.1) is 17.2 Å². The van der Waals surface area contributed by atoms with Gasteiger partial charge in [0, 0.05) is 17.9 Å². The molecule has 4 nitrogen and oxygen atoms in total. The maximum Gasteiger partial charge on any atom is 0.258 e. The van der Waals surface area contributed by atoms with Gasteiger partial charge in [-0.2, -0.15) is 0 Å². The monoisotopic (exact) mass is 263 g/mol. The van der Waals surface area contributed by atoms with Crippen LogP contribution in [0.15, 0.2) is 53.6 Å². The van der Waals surface area contributed by atoms with Crippen molar-refractivity contribution in [2.75, 3.05) is 11.4 Å². The van der Waals surface area contributed by atoms with Crippen LogP contribution in [-0.4, -0.2) is 16.5 Å². The van der Waals surface area contributed by atoms with E-state index in [1.807, 2.05) is 24.3 Å². The number of nitrogens with zero attached hydrogens (tertiary/aromatic N) is 2. The van der Waals surface area contributed by atoms with Crippen molar-refractivity contribution >= 4 is 22.3 Å². The molecule has 0 aliphatic carbocycles. The second-order valence-corrected chi connectivity index (χ2v) is 4.96. The van der Waals surface area contributed by atoms with E-state index in [-0.39, 0.29) is 5.56 Å². The summed E-state index contributed by atoms with van der Waals surface area (Å²) in [6, 6.07) is 14.2. The fraction of sp³-hybridized carbons (Fsp3) is 0.125. The van der Waals surface area contributed by atoms with Gasteiger partial charge in [0.1, 0.15) is 0 Å². The van der Waals surface area contributed by atoms with Crippen LogP contribution in [-0.2, 0) is 6.42 Å². The van der Waals surface area contributed by atoms with Crippen LogP contribution in [0.25, 0.3) is 10.9 Å². The van der Waals surface area contributed by atoms with Crippen LogP contribution in [0.1, 0.15) is 5.56 Å². The van der Waals surface area contributed by atoms with Gasteiger partial charge in [0.15, 0.2) is 0 Å². The third kappa shape index (κ3) is 1.61. The highest BCUT2D eigenvalue weighted by atomic mass is 16.1. The van der Waals surface area contributed by atoms with Crippen molar-refractivity contribution in [1.29, 1.82) is 0 Å². The van der Waals surface area contributed by atoms with Crippen molar-refractivity contribution in [3.05, 3.63) is 64.7 Å². The quantitative estimate of drug-likeness (QED) is 0.734. The zero-order chi connectivity index (χ0) is 13.5. The molecular formula is C16H13N3O. The molecule has 4 rings (SSSR count). The Balaban J connectivity index is 1.88. The molecule has 98 valence electrons. The molecule has 1 aliphatic rings. The van der Waals surface area contributed by atoms with Gasteiger partial charge in [-0.05, 0) is 36.2 Å². The van der Waals surface area contributed by atoms with Crippen molar-refractivity contribution in [2.24, 2.45) is 0 Å². The molecule has 0 spiro atoms. The third-order valence-electron chi connectivity index (χ3n) is 3.82. The molecule has 0 radical (unpaired) electrons. The highest BCUT2D eigenvalue weighted by Gasteiger charge is 2.20. The second-order valence-electron chi connectivity index (χ2n) is 4.96. The van der Waals surface area contributed by atoms with Crippen molar-refractivity contribution in [1.82, 2.24) is 9.97 Å². The zero-order valence-corrected chi connectivity index (χ0v) is 10.8. The van der Waals surface area contributed by atoms with Crippen LogP contribution in [0, 0.1) is 0 Å². The lowest BCUT2D eigenvalue weighted by Crippen LogP contribution is -2.14. The summed E-state index contributed by atoms with van der Waals surface area (Å²) >= 11 is 0. The molecule has 1 aromatic heterocycles. The van der Waals surface area contributed by atoms with Crippen LogP contribution in [0.5, 0.6) is 0 Å². The minimum Gasteiger partial charge on any atom is -0.341 e. The molecule has 20 heavy (non-hydrogen) atoms. The van der Waals surface area contributed by atoms with Crippen LogP contribution in [0.4, 0.5) is 11.4 Å². The topological polar surface area (TPSA) is 49.0 Å². The Bertz CT molecular complexity index is 853. The first-order chi connectivity index (χ1) is 9.83. The number of benzene rings is 2. The van der Waals surface area contributed by atoms with Crippen LogP contribution >= 0.6 is 0 Å². The molecule has 1 N–H and O–H groups in total. The Morgan fingerprint density at radius 2 is 2.05 bits per heavy atom. The van der Waals surface area contributed by atoms with Crippen LogP contribution in [0.3, 0.4) is 0 Å². The average Bonchev–Trinajstić information content (AvgIpc) is 2.91. The molecular weight excluding hydrogens is 250 g/mol. The molecule has 0 amide bonds. The molecule has 0 fully saturated rings. The average molecular weight is 263 g/mol. The second kappa shape index (κ2) is 4.20. The maximum atomic E-state index is 11.9. The van der Waals surface area contributed by atoms with E-state index in [2.05, 4.69) is 33.1 Å². The molecule has 0 bridgehead atoms. The van der Waals surface area contributed by atoms with Gasteiger partial charge in [-0.25, -0.2) is 4.98 Å². The molecule has 1 aliphatic heterocycles. The van der Waals surface area contributed by atoms with Crippen LogP contribution in [0.2, 0.25) is 0 Å². The summed E-state index contributed by atoms with van der Waals surface area (Å²) in [5.41, 5.74) is 4.26. The van der Waals surface area contributed by atoms with Gasteiger partial charge in [-0.15, -0.1) is 0 Å². The van der Waals surface area contributed by atoms with E-state index >= 15 is 0 Å².